The maximum absolute atomic E-state index is 14.2. The minimum absolute atomic E-state index is 0.0515. The quantitative estimate of drug-likeness (QED) is 0.441. The van der Waals surface area contributed by atoms with E-state index in [1.54, 1.807) is 6.07 Å². The Morgan fingerprint density at radius 3 is 2.63 bits per heavy atom. The van der Waals surface area contributed by atoms with E-state index in [1.165, 1.54) is 26.7 Å². The topological polar surface area (TPSA) is 88.9 Å². The second kappa shape index (κ2) is 8.27. The number of hydrogen-bond donors (Lipinski definition) is 2. The molecule has 0 aliphatic heterocycles. The van der Waals surface area contributed by atoms with Crippen LogP contribution < -0.4 is 10.0 Å². The number of pyridine rings is 1. The summed E-state index contributed by atoms with van der Waals surface area (Å²) in [5.41, 5.74) is 1.38. The molecule has 3 aliphatic rings. The van der Waals surface area contributed by atoms with E-state index in [0.717, 1.165) is 66.3 Å². The number of nitrogens with one attached hydrogen (secondary N) is 2. The number of imidazole rings is 1. The summed E-state index contributed by atoms with van der Waals surface area (Å²) in [6.45, 7) is 3.41. The Balaban J connectivity index is 1.41. The summed E-state index contributed by atoms with van der Waals surface area (Å²) in [6, 6.07) is 3.68. The van der Waals surface area contributed by atoms with Crippen molar-refractivity contribution in [3.63, 3.8) is 0 Å². The van der Waals surface area contributed by atoms with Crippen LogP contribution in [0.5, 0.6) is 0 Å². The number of sulfonamides is 1. The molecule has 3 aromatic rings. The van der Waals surface area contributed by atoms with Crippen molar-refractivity contribution in [1.82, 2.24) is 19.3 Å². The van der Waals surface area contributed by atoms with Gasteiger partial charge in [0.05, 0.1) is 10.9 Å². The van der Waals surface area contributed by atoms with Gasteiger partial charge in [0, 0.05) is 54.1 Å². The van der Waals surface area contributed by atoms with E-state index in [2.05, 4.69) is 19.6 Å². The molecule has 0 spiro atoms. The van der Waals surface area contributed by atoms with Gasteiger partial charge in [0.25, 0.3) is 0 Å². The Bertz CT molecular complexity index is 1390. The molecular formula is C26H32FN5O2S. The SMILES string of the molecule is CC(C)(F)CNS(=O)(=O)c1cc2c(c3cnc(C4CC4)cc13)CC[C@H]2Nc1nccn1CC1CC1. The number of nitrogens with zero attached hydrogens (tertiary/aromatic N) is 3. The third-order valence-electron chi connectivity index (χ3n) is 7.35. The second-order valence-corrected chi connectivity index (χ2v) is 12.7. The molecule has 6 rings (SSSR count). The minimum atomic E-state index is -3.93. The summed E-state index contributed by atoms with van der Waals surface area (Å²) in [6.07, 6.45) is 12.0. The van der Waals surface area contributed by atoms with Gasteiger partial charge >= 0.3 is 0 Å². The van der Waals surface area contributed by atoms with Gasteiger partial charge in [-0.1, -0.05) is 0 Å². The molecule has 2 aromatic heterocycles. The predicted molar refractivity (Wildman–Crippen MR) is 134 cm³/mol. The summed E-state index contributed by atoms with van der Waals surface area (Å²) in [7, 11) is -3.93. The summed E-state index contributed by atoms with van der Waals surface area (Å²) in [5, 5.41) is 5.13. The zero-order valence-corrected chi connectivity index (χ0v) is 21.0. The lowest BCUT2D eigenvalue weighted by molar-refractivity contribution is 0.221. The number of rotatable bonds is 9. The van der Waals surface area contributed by atoms with Gasteiger partial charge < -0.3 is 9.88 Å². The number of fused-ring (bicyclic) bond motifs is 3. The number of benzene rings is 1. The Morgan fingerprint density at radius 1 is 1.11 bits per heavy atom. The van der Waals surface area contributed by atoms with Gasteiger partial charge in [-0.25, -0.2) is 22.5 Å². The van der Waals surface area contributed by atoms with Crippen LogP contribution in [0.4, 0.5) is 10.3 Å². The minimum Gasteiger partial charge on any atom is -0.349 e. The van der Waals surface area contributed by atoms with Crippen LogP contribution in [0, 0.1) is 5.92 Å². The number of hydrogen-bond acceptors (Lipinski definition) is 5. The van der Waals surface area contributed by atoms with Crippen LogP contribution >= 0.6 is 0 Å². The number of aryl methyl sites for hydroxylation is 1. The van der Waals surface area contributed by atoms with Gasteiger partial charge in [0.1, 0.15) is 5.67 Å². The molecule has 2 fully saturated rings. The van der Waals surface area contributed by atoms with Crippen LogP contribution in [0.1, 0.15) is 74.7 Å². The molecule has 0 unspecified atom stereocenters. The summed E-state index contributed by atoms with van der Waals surface area (Å²) in [4.78, 5) is 9.43. The Hall–Kier alpha value is -2.52. The lowest BCUT2D eigenvalue weighted by atomic mass is 10.0. The largest absolute Gasteiger partial charge is 0.349 e. The molecule has 0 saturated heterocycles. The Morgan fingerprint density at radius 2 is 1.91 bits per heavy atom. The van der Waals surface area contributed by atoms with Crippen molar-refractivity contribution in [2.45, 2.75) is 81.4 Å². The first kappa shape index (κ1) is 22.9. The molecule has 1 atom stereocenters. The fourth-order valence-electron chi connectivity index (χ4n) is 5.06. The molecule has 1 aromatic carbocycles. The normalized spacial score (nSPS) is 20.4. The van der Waals surface area contributed by atoms with Crippen molar-refractivity contribution in [1.29, 1.82) is 0 Å². The van der Waals surface area contributed by atoms with E-state index in [4.69, 9.17) is 4.98 Å². The van der Waals surface area contributed by atoms with Crippen molar-refractivity contribution in [2.75, 3.05) is 11.9 Å². The van der Waals surface area contributed by atoms with Crippen LogP contribution in [0.2, 0.25) is 0 Å². The van der Waals surface area contributed by atoms with E-state index in [1.807, 2.05) is 24.7 Å². The molecule has 2 saturated carbocycles. The molecule has 0 bridgehead atoms. The molecule has 2 heterocycles. The van der Waals surface area contributed by atoms with E-state index in [-0.39, 0.29) is 17.5 Å². The van der Waals surface area contributed by atoms with Crippen LogP contribution in [0.3, 0.4) is 0 Å². The molecule has 9 heteroatoms. The third kappa shape index (κ3) is 4.68. The van der Waals surface area contributed by atoms with Crippen molar-refractivity contribution in [3.05, 3.63) is 47.5 Å². The average molecular weight is 498 g/mol. The van der Waals surface area contributed by atoms with Gasteiger partial charge in [0.15, 0.2) is 0 Å². The van der Waals surface area contributed by atoms with Crippen LogP contribution in [-0.4, -0.2) is 35.2 Å². The van der Waals surface area contributed by atoms with Crippen molar-refractivity contribution >= 4 is 26.7 Å². The summed E-state index contributed by atoms with van der Waals surface area (Å²) >= 11 is 0. The molecule has 186 valence electrons. The van der Waals surface area contributed by atoms with Gasteiger partial charge in [-0.3, -0.25) is 4.98 Å². The van der Waals surface area contributed by atoms with E-state index in [0.29, 0.717) is 11.3 Å². The average Bonchev–Trinajstić information content (AvgIpc) is 3.73. The van der Waals surface area contributed by atoms with E-state index < -0.39 is 15.7 Å². The van der Waals surface area contributed by atoms with E-state index in [9.17, 15) is 12.8 Å². The lowest BCUT2D eigenvalue weighted by Crippen LogP contribution is -2.35. The fraction of sp³-hybridized carbons (Fsp3) is 0.538. The van der Waals surface area contributed by atoms with Crippen molar-refractivity contribution in [2.24, 2.45) is 5.92 Å². The van der Waals surface area contributed by atoms with Crippen LogP contribution in [0.25, 0.3) is 10.8 Å². The molecule has 7 nitrogen and oxygen atoms in total. The first-order valence-electron chi connectivity index (χ1n) is 12.6. The molecule has 0 amide bonds. The molecule has 0 radical (unpaired) electrons. The second-order valence-electron chi connectivity index (χ2n) is 11.0. The summed E-state index contributed by atoms with van der Waals surface area (Å²) < 4.78 is 45.8. The van der Waals surface area contributed by atoms with Gasteiger partial charge in [0.2, 0.25) is 16.0 Å². The highest BCUT2D eigenvalue weighted by Gasteiger charge is 2.33. The molecule has 35 heavy (non-hydrogen) atoms. The van der Waals surface area contributed by atoms with Gasteiger partial charge in [-0.15, -0.1) is 0 Å². The molecule has 2 N–H and O–H groups in total. The van der Waals surface area contributed by atoms with Gasteiger partial charge in [-0.2, -0.15) is 0 Å². The number of aromatic nitrogens is 3. The number of halogens is 1. The van der Waals surface area contributed by atoms with E-state index >= 15 is 0 Å². The molecular weight excluding hydrogens is 465 g/mol. The maximum atomic E-state index is 14.2. The Kier molecular flexibility index (Phi) is 5.41. The van der Waals surface area contributed by atoms with Crippen molar-refractivity contribution in [3.8, 4) is 0 Å². The highest BCUT2D eigenvalue weighted by molar-refractivity contribution is 7.89. The summed E-state index contributed by atoms with van der Waals surface area (Å²) in [5.74, 6) is 1.94. The third-order valence-corrected chi connectivity index (χ3v) is 8.79. The number of alkyl halides is 1. The predicted octanol–water partition coefficient (Wildman–Crippen LogP) is 4.84. The first-order chi connectivity index (χ1) is 16.7. The van der Waals surface area contributed by atoms with Crippen LogP contribution in [0.15, 0.2) is 35.6 Å². The number of anilines is 1. The monoisotopic (exact) mass is 497 g/mol. The lowest BCUT2D eigenvalue weighted by Gasteiger charge is -2.20. The smallest absolute Gasteiger partial charge is 0.241 e. The van der Waals surface area contributed by atoms with Gasteiger partial charge in [-0.05, 0) is 81.5 Å². The first-order valence-corrected chi connectivity index (χ1v) is 14.1. The maximum Gasteiger partial charge on any atom is 0.241 e. The van der Waals surface area contributed by atoms with Crippen LogP contribution in [-0.2, 0) is 23.0 Å². The highest BCUT2D eigenvalue weighted by Crippen LogP contribution is 2.44. The van der Waals surface area contributed by atoms with Crippen molar-refractivity contribution < 1.29 is 12.8 Å². The zero-order chi connectivity index (χ0) is 24.4. The Labute approximate surface area is 205 Å². The molecule has 3 aliphatic carbocycles. The highest BCUT2D eigenvalue weighted by atomic mass is 32.2. The standard InChI is InChI=1S/C26H32FN5O2S/c1-26(2,27)15-30-35(33,34)24-12-19-18(21-13-29-23(11-20(21)24)17-5-6-17)7-8-22(19)31-25-28-9-10-32(25)14-16-3-4-16/h9-13,16-17,22,30H,3-8,14-15H2,1-2H3,(H,28,31)/t22-/m1/s1. The fourth-order valence-corrected chi connectivity index (χ4v) is 6.49. The zero-order valence-electron chi connectivity index (χ0n) is 20.2.